The number of esters is 1. The molecule has 1 aliphatic rings. The lowest BCUT2D eigenvalue weighted by molar-refractivity contribution is -0.147. The number of fused-ring (bicyclic) bond motifs is 1. The molecule has 1 aromatic rings. The van der Waals surface area contributed by atoms with Crippen molar-refractivity contribution in [3.05, 3.63) is 17.3 Å². The van der Waals surface area contributed by atoms with E-state index in [4.69, 9.17) is 9.15 Å². The van der Waals surface area contributed by atoms with E-state index in [9.17, 15) is 9.59 Å². The quantitative estimate of drug-likeness (QED) is 0.619. The van der Waals surface area contributed by atoms with Crippen LogP contribution in [0.4, 0.5) is 0 Å². The number of aromatic nitrogens is 1. The summed E-state index contributed by atoms with van der Waals surface area (Å²) >= 11 is 0. The van der Waals surface area contributed by atoms with Gasteiger partial charge in [-0.1, -0.05) is 20.8 Å². The molecule has 0 saturated heterocycles. The number of methoxy groups -OCH3 is 1. The number of ketones is 1. The lowest BCUT2D eigenvalue weighted by Crippen LogP contribution is -2.43. The third-order valence-electron chi connectivity index (χ3n) is 3.54. The Morgan fingerprint density at radius 3 is 2.79 bits per heavy atom. The average molecular weight is 265 g/mol. The fourth-order valence-corrected chi connectivity index (χ4v) is 2.58. The third kappa shape index (κ3) is 2.29. The predicted octanol–water partition coefficient (Wildman–Crippen LogP) is 2.18. The van der Waals surface area contributed by atoms with Crippen LogP contribution in [-0.2, 0) is 22.4 Å². The monoisotopic (exact) mass is 265 g/mol. The first kappa shape index (κ1) is 13.8. The van der Waals surface area contributed by atoms with E-state index in [1.807, 2.05) is 20.8 Å². The van der Waals surface area contributed by atoms with Crippen LogP contribution in [0.2, 0.25) is 0 Å². The van der Waals surface area contributed by atoms with Crippen LogP contribution in [0.1, 0.15) is 49.3 Å². The van der Waals surface area contributed by atoms with Crippen molar-refractivity contribution >= 4 is 11.8 Å². The molecule has 5 heteroatoms. The van der Waals surface area contributed by atoms with Gasteiger partial charge in [-0.3, -0.25) is 9.59 Å². The highest BCUT2D eigenvalue weighted by Gasteiger charge is 2.48. The zero-order valence-corrected chi connectivity index (χ0v) is 11.8. The van der Waals surface area contributed by atoms with Gasteiger partial charge >= 0.3 is 5.97 Å². The van der Waals surface area contributed by atoms with Gasteiger partial charge in [-0.2, -0.15) is 0 Å². The predicted molar refractivity (Wildman–Crippen MR) is 67.8 cm³/mol. The highest BCUT2D eigenvalue weighted by atomic mass is 16.5. The molecule has 2 rings (SSSR count). The molecule has 0 aliphatic heterocycles. The molecule has 0 aromatic carbocycles. The number of Topliss-reactive ketones (excluding diaryl/α,β-unsaturated/α-hetero) is 1. The molecule has 1 aromatic heterocycles. The minimum Gasteiger partial charge on any atom is -0.468 e. The van der Waals surface area contributed by atoms with Crippen LogP contribution in [0.25, 0.3) is 0 Å². The fourth-order valence-electron chi connectivity index (χ4n) is 2.58. The zero-order chi connectivity index (χ0) is 14.2. The summed E-state index contributed by atoms with van der Waals surface area (Å²) in [6.07, 6.45) is 2.12. The van der Waals surface area contributed by atoms with Gasteiger partial charge in [0.2, 0.25) is 0 Å². The highest BCUT2D eigenvalue weighted by Crippen LogP contribution is 2.40. The number of oxazole rings is 1. The number of hydrogen-bond donors (Lipinski definition) is 0. The minimum absolute atomic E-state index is 0.288. The Balaban J connectivity index is 2.42. The van der Waals surface area contributed by atoms with E-state index >= 15 is 0 Å². The Hall–Kier alpha value is -1.65. The first-order valence-corrected chi connectivity index (χ1v) is 6.51. The largest absolute Gasteiger partial charge is 0.468 e. The number of hydrogen-bond acceptors (Lipinski definition) is 5. The summed E-state index contributed by atoms with van der Waals surface area (Å²) in [5.74, 6) is -0.421. The van der Waals surface area contributed by atoms with E-state index < -0.39 is 17.3 Å². The van der Waals surface area contributed by atoms with Crippen molar-refractivity contribution in [1.82, 2.24) is 4.98 Å². The Bertz CT molecular complexity index is 516. The van der Waals surface area contributed by atoms with E-state index in [-0.39, 0.29) is 5.78 Å². The Kier molecular flexibility index (Phi) is 3.47. The van der Waals surface area contributed by atoms with Gasteiger partial charge in [0.05, 0.1) is 7.11 Å². The lowest BCUT2D eigenvalue weighted by atomic mass is 9.69. The standard InChI is InChI=1S/C14H19NO4/c1-5-6-9-15-11-8(19-9)7-14(2,3)10(12(11)16)13(17)18-4/h10H,5-7H2,1-4H3. The SMILES string of the molecule is CCCc1nc2c(o1)CC(C)(C)C(C(=O)OC)C2=O. The highest BCUT2D eigenvalue weighted by molar-refractivity contribution is 6.09. The summed E-state index contributed by atoms with van der Waals surface area (Å²) in [5, 5.41) is 0. The maximum absolute atomic E-state index is 12.4. The molecule has 19 heavy (non-hydrogen) atoms. The molecule has 5 nitrogen and oxygen atoms in total. The second kappa shape index (κ2) is 4.79. The second-order valence-corrected chi connectivity index (χ2v) is 5.62. The molecule has 1 heterocycles. The Morgan fingerprint density at radius 1 is 1.53 bits per heavy atom. The first-order valence-electron chi connectivity index (χ1n) is 6.51. The fraction of sp³-hybridized carbons (Fsp3) is 0.643. The van der Waals surface area contributed by atoms with E-state index in [2.05, 4.69) is 4.98 Å². The first-order chi connectivity index (χ1) is 8.90. The Morgan fingerprint density at radius 2 is 2.21 bits per heavy atom. The van der Waals surface area contributed by atoms with Gasteiger partial charge in [0.15, 0.2) is 11.7 Å². The number of nitrogens with zero attached hydrogens (tertiary/aromatic N) is 1. The molecular weight excluding hydrogens is 246 g/mol. The summed E-state index contributed by atoms with van der Waals surface area (Å²) in [6, 6.07) is 0. The van der Waals surface area contributed by atoms with Gasteiger partial charge in [-0.05, 0) is 11.8 Å². The number of ether oxygens (including phenoxy) is 1. The van der Waals surface area contributed by atoms with Gasteiger partial charge < -0.3 is 9.15 Å². The molecule has 1 atom stereocenters. The average Bonchev–Trinajstić information content (AvgIpc) is 2.70. The molecule has 104 valence electrons. The summed E-state index contributed by atoms with van der Waals surface area (Å²) in [6.45, 7) is 5.76. The molecule has 0 radical (unpaired) electrons. The molecule has 1 unspecified atom stereocenters. The van der Waals surface area contributed by atoms with Gasteiger partial charge in [-0.15, -0.1) is 0 Å². The van der Waals surface area contributed by atoms with E-state index in [1.54, 1.807) is 0 Å². The summed E-state index contributed by atoms with van der Waals surface area (Å²) in [4.78, 5) is 28.5. The Labute approximate surface area is 112 Å². The maximum Gasteiger partial charge on any atom is 0.317 e. The molecule has 0 bridgehead atoms. The van der Waals surface area contributed by atoms with Crippen LogP contribution in [-0.4, -0.2) is 23.8 Å². The van der Waals surface area contributed by atoms with Crippen molar-refractivity contribution in [2.75, 3.05) is 7.11 Å². The molecule has 0 N–H and O–H groups in total. The van der Waals surface area contributed by atoms with Crippen molar-refractivity contribution in [3.63, 3.8) is 0 Å². The van der Waals surface area contributed by atoms with Crippen molar-refractivity contribution in [2.24, 2.45) is 11.3 Å². The van der Waals surface area contributed by atoms with E-state index in [1.165, 1.54) is 7.11 Å². The van der Waals surface area contributed by atoms with Gasteiger partial charge in [0.1, 0.15) is 17.4 Å². The summed E-state index contributed by atoms with van der Waals surface area (Å²) < 4.78 is 10.4. The van der Waals surface area contributed by atoms with Crippen molar-refractivity contribution in [3.8, 4) is 0 Å². The van der Waals surface area contributed by atoms with Crippen molar-refractivity contribution in [1.29, 1.82) is 0 Å². The van der Waals surface area contributed by atoms with Crippen molar-refractivity contribution < 1.29 is 18.7 Å². The number of aryl methyl sites for hydroxylation is 1. The van der Waals surface area contributed by atoms with Crippen molar-refractivity contribution in [2.45, 2.75) is 40.0 Å². The number of carbonyl (C=O) groups is 2. The summed E-state index contributed by atoms with van der Waals surface area (Å²) in [7, 11) is 1.30. The minimum atomic E-state index is -0.801. The smallest absolute Gasteiger partial charge is 0.317 e. The summed E-state index contributed by atoms with van der Waals surface area (Å²) in [5.41, 5.74) is -0.210. The normalized spacial score (nSPS) is 21.1. The van der Waals surface area contributed by atoms with Gasteiger partial charge in [0, 0.05) is 12.8 Å². The van der Waals surface area contributed by atoms with Crippen LogP contribution >= 0.6 is 0 Å². The number of carbonyl (C=O) groups excluding carboxylic acids is 2. The zero-order valence-electron chi connectivity index (χ0n) is 11.8. The van der Waals surface area contributed by atoms with Crippen LogP contribution < -0.4 is 0 Å². The number of rotatable bonds is 3. The van der Waals surface area contributed by atoms with Crippen LogP contribution in [0, 0.1) is 11.3 Å². The van der Waals surface area contributed by atoms with E-state index in [0.717, 1.165) is 6.42 Å². The van der Waals surface area contributed by atoms with E-state index in [0.29, 0.717) is 30.2 Å². The van der Waals surface area contributed by atoms with Crippen LogP contribution in [0.3, 0.4) is 0 Å². The lowest BCUT2D eigenvalue weighted by Gasteiger charge is -2.33. The van der Waals surface area contributed by atoms with Crippen LogP contribution in [0.5, 0.6) is 0 Å². The molecule has 1 aliphatic carbocycles. The molecular formula is C14H19NO4. The van der Waals surface area contributed by atoms with Gasteiger partial charge in [0.25, 0.3) is 0 Å². The molecule has 0 amide bonds. The van der Waals surface area contributed by atoms with Gasteiger partial charge in [-0.25, -0.2) is 4.98 Å². The maximum atomic E-state index is 12.4. The second-order valence-electron chi connectivity index (χ2n) is 5.62. The molecule has 0 fully saturated rings. The molecule has 0 spiro atoms. The van der Waals surface area contributed by atoms with Crippen LogP contribution in [0.15, 0.2) is 4.42 Å². The topological polar surface area (TPSA) is 69.4 Å². The third-order valence-corrected chi connectivity index (χ3v) is 3.54. The molecule has 0 saturated carbocycles.